The molecule has 19 heavy (non-hydrogen) atoms. The molecule has 0 saturated carbocycles. The van der Waals surface area contributed by atoms with Gasteiger partial charge in [0.25, 0.3) is 0 Å². The van der Waals surface area contributed by atoms with E-state index in [1.165, 1.54) is 4.57 Å². The number of aromatic nitrogens is 1. The summed E-state index contributed by atoms with van der Waals surface area (Å²) < 4.78 is 1.37. The summed E-state index contributed by atoms with van der Waals surface area (Å²) in [5, 5.41) is 28.1. The van der Waals surface area contributed by atoms with Crippen molar-refractivity contribution in [2.75, 3.05) is 0 Å². The number of nitrogens with zero attached hydrogens (tertiary/aromatic N) is 1. The molecule has 1 aromatic carbocycles. The first-order valence-electron chi connectivity index (χ1n) is 5.39. The summed E-state index contributed by atoms with van der Waals surface area (Å²) in [6.07, 6.45) is 1.13. The quantitative estimate of drug-likeness (QED) is 0.730. The molecule has 0 saturated heterocycles. The molecule has 0 aliphatic carbocycles. The average molecular weight is 284 g/mol. The molecule has 6 nitrogen and oxygen atoms in total. The van der Waals surface area contributed by atoms with E-state index in [1.54, 1.807) is 6.92 Å². The third kappa shape index (κ3) is 1.90. The highest BCUT2D eigenvalue weighted by Crippen LogP contribution is 2.36. The van der Waals surface area contributed by atoms with Crippen LogP contribution in [-0.2, 0) is 6.54 Å². The first-order chi connectivity index (χ1) is 8.88. The molecule has 0 aliphatic rings. The van der Waals surface area contributed by atoms with E-state index in [9.17, 15) is 19.8 Å². The lowest BCUT2D eigenvalue weighted by Gasteiger charge is -2.13. The highest BCUT2D eigenvalue weighted by Gasteiger charge is 2.20. The number of halogens is 1. The largest absolute Gasteiger partial charge is 0.506 e. The van der Waals surface area contributed by atoms with Crippen molar-refractivity contribution < 1.29 is 20.1 Å². The number of pyridine rings is 1. The Hall–Kier alpha value is -2.21. The minimum Gasteiger partial charge on any atom is -0.506 e. The Balaban J connectivity index is 3.13. The molecular weight excluding hydrogens is 274 g/mol. The summed E-state index contributed by atoms with van der Waals surface area (Å²) in [5.41, 5.74) is -1.33. The first kappa shape index (κ1) is 13.2. The zero-order chi connectivity index (χ0) is 14.3. The Morgan fingerprint density at radius 1 is 1.42 bits per heavy atom. The maximum absolute atomic E-state index is 12.0. The molecular formula is C12H10ClNO5. The number of aromatic hydroxyl groups is 2. The lowest BCUT2D eigenvalue weighted by molar-refractivity contribution is 0.0695. The predicted molar refractivity (Wildman–Crippen MR) is 69.2 cm³/mol. The summed E-state index contributed by atoms with van der Waals surface area (Å²) in [6, 6.07) is 1.10. The van der Waals surface area contributed by atoms with Crippen LogP contribution in [0.1, 0.15) is 17.3 Å². The van der Waals surface area contributed by atoms with Crippen LogP contribution in [0.15, 0.2) is 17.1 Å². The monoisotopic (exact) mass is 283 g/mol. The van der Waals surface area contributed by atoms with Gasteiger partial charge in [0.1, 0.15) is 17.1 Å². The van der Waals surface area contributed by atoms with Crippen molar-refractivity contribution in [3.8, 4) is 11.5 Å². The fourth-order valence-corrected chi connectivity index (χ4v) is 2.14. The maximum Gasteiger partial charge on any atom is 0.341 e. The number of rotatable bonds is 2. The summed E-state index contributed by atoms with van der Waals surface area (Å²) in [4.78, 5) is 23.1. The van der Waals surface area contributed by atoms with Crippen LogP contribution >= 0.6 is 11.6 Å². The summed E-state index contributed by atoms with van der Waals surface area (Å²) in [6.45, 7) is 2.02. The molecule has 0 unspecified atom stereocenters. The van der Waals surface area contributed by atoms with Gasteiger partial charge in [-0.2, -0.15) is 0 Å². The second-order valence-corrected chi connectivity index (χ2v) is 4.32. The number of aromatic carboxylic acids is 1. The zero-order valence-corrected chi connectivity index (χ0v) is 10.6. The van der Waals surface area contributed by atoms with Crippen LogP contribution < -0.4 is 5.43 Å². The Morgan fingerprint density at radius 2 is 2.05 bits per heavy atom. The van der Waals surface area contributed by atoms with E-state index in [-0.39, 0.29) is 21.7 Å². The van der Waals surface area contributed by atoms with Crippen molar-refractivity contribution >= 4 is 28.5 Å². The van der Waals surface area contributed by atoms with Gasteiger partial charge in [-0.15, -0.1) is 0 Å². The van der Waals surface area contributed by atoms with Gasteiger partial charge in [-0.05, 0) is 6.92 Å². The van der Waals surface area contributed by atoms with Crippen molar-refractivity contribution in [1.82, 2.24) is 4.57 Å². The molecule has 100 valence electrons. The third-order valence-electron chi connectivity index (χ3n) is 2.82. The van der Waals surface area contributed by atoms with E-state index in [1.807, 2.05) is 0 Å². The minimum atomic E-state index is -1.41. The van der Waals surface area contributed by atoms with Crippen molar-refractivity contribution in [3.63, 3.8) is 0 Å². The molecule has 0 fully saturated rings. The SMILES string of the molecule is CCn1cc(C(=O)O)c(=O)c2c(O)c(Cl)cc(O)c21. The van der Waals surface area contributed by atoms with Crippen LogP contribution in [0.5, 0.6) is 11.5 Å². The fourth-order valence-electron chi connectivity index (χ4n) is 1.94. The molecule has 0 bridgehead atoms. The van der Waals surface area contributed by atoms with Gasteiger partial charge in [-0.3, -0.25) is 4.79 Å². The van der Waals surface area contributed by atoms with Crippen molar-refractivity contribution in [2.24, 2.45) is 0 Å². The second kappa shape index (κ2) is 4.47. The highest BCUT2D eigenvalue weighted by atomic mass is 35.5. The average Bonchev–Trinajstić information content (AvgIpc) is 2.35. The number of benzene rings is 1. The van der Waals surface area contributed by atoms with Crippen LogP contribution in [-0.4, -0.2) is 25.9 Å². The van der Waals surface area contributed by atoms with Gasteiger partial charge in [-0.25, -0.2) is 4.79 Å². The van der Waals surface area contributed by atoms with Gasteiger partial charge >= 0.3 is 5.97 Å². The first-order valence-corrected chi connectivity index (χ1v) is 5.77. The third-order valence-corrected chi connectivity index (χ3v) is 3.11. The molecule has 0 spiro atoms. The van der Waals surface area contributed by atoms with Crippen LogP contribution in [0, 0.1) is 0 Å². The van der Waals surface area contributed by atoms with Gasteiger partial charge < -0.3 is 19.9 Å². The fraction of sp³-hybridized carbons (Fsp3) is 0.167. The second-order valence-electron chi connectivity index (χ2n) is 3.91. The lowest BCUT2D eigenvalue weighted by Crippen LogP contribution is -2.18. The minimum absolute atomic E-state index is 0.0550. The smallest absolute Gasteiger partial charge is 0.341 e. The molecule has 0 amide bonds. The predicted octanol–water partition coefficient (Wildman–Crippen LogP) is 1.78. The number of phenols is 2. The van der Waals surface area contributed by atoms with E-state index in [4.69, 9.17) is 16.7 Å². The number of hydrogen-bond acceptors (Lipinski definition) is 4. The van der Waals surface area contributed by atoms with Crippen LogP contribution in [0.4, 0.5) is 0 Å². The Bertz CT molecular complexity index is 750. The Morgan fingerprint density at radius 3 is 2.58 bits per heavy atom. The summed E-state index contributed by atoms with van der Waals surface area (Å²) in [7, 11) is 0. The van der Waals surface area contributed by atoms with E-state index >= 15 is 0 Å². The van der Waals surface area contributed by atoms with Gasteiger partial charge in [0.15, 0.2) is 0 Å². The van der Waals surface area contributed by atoms with Crippen molar-refractivity contribution in [2.45, 2.75) is 13.5 Å². The summed E-state index contributed by atoms with van der Waals surface area (Å²) >= 11 is 5.69. The molecule has 2 rings (SSSR count). The molecule has 1 aromatic heterocycles. The normalized spacial score (nSPS) is 10.8. The van der Waals surface area contributed by atoms with E-state index in [0.29, 0.717) is 6.54 Å². The lowest BCUT2D eigenvalue weighted by atomic mass is 10.1. The molecule has 0 radical (unpaired) electrons. The number of aryl methyl sites for hydroxylation is 1. The molecule has 7 heteroatoms. The highest BCUT2D eigenvalue weighted by molar-refractivity contribution is 6.33. The Labute approximate surface area is 112 Å². The van der Waals surface area contributed by atoms with Gasteiger partial charge in [-0.1, -0.05) is 11.6 Å². The topological polar surface area (TPSA) is 99.8 Å². The maximum atomic E-state index is 12.0. The van der Waals surface area contributed by atoms with Crippen molar-refractivity contribution in [3.05, 3.63) is 33.1 Å². The van der Waals surface area contributed by atoms with E-state index in [2.05, 4.69) is 0 Å². The molecule has 0 atom stereocenters. The molecule has 2 aromatic rings. The molecule has 1 heterocycles. The standard InChI is InChI=1S/C12H10ClNO5/c1-2-14-4-5(12(18)19)10(16)8-9(14)7(15)3-6(13)11(8)17/h3-4,15,17H,2H2,1H3,(H,18,19). The number of carboxylic acid groups (broad SMARTS) is 1. The molecule has 0 aliphatic heterocycles. The number of fused-ring (bicyclic) bond motifs is 1. The van der Waals surface area contributed by atoms with Crippen LogP contribution in [0.25, 0.3) is 10.9 Å². The van der Waals surface area contributed by atoms with Gasteiger partial charge in [0, 0.05) is 18.8 Å². The molecule has 3 N–H and O–H groups in total. The van der Waals surface area contributed by atoms with Crippen molar-refractivity contribution in [1.29, 1.82) is 0 Å². The number of carboxylic acids is 1. The van der Waals surface area contributed by atoms with Gasteiger partial charge in [0.05, 0.1) is 15.9 Å². The Kier molecular flexibility index (Phi) is 3.11. The number of carbonyl (C=O) groups is 1. The summed E-state index contributed by atoms with van der Waals surface area (Å²) in [5.74, 6) is -2.24. The van der Waals surface area contributed by atoms with E-state index < -0.39 is 22.7 Å². The van der Waals surface area contributed by atoms with Gasteiger partial charge in [0.2, 0.25) is 5.43 Å². The zero-order valence-electron chi connectivity index (χ0n) is 9.85. The van der Waals surface area contributed by atoms with Crippen LogP contribution in [0.2, 0.25) is 5.02 Å². The number of phenolic OH excluding ortho intramolecular Hbond substituents is 2. The van der Waals surface area contributed by atoms with Crippen LogP contribution in [0.3, 0.4) is 0 Å². The number of hydrogen-bond donors (Lipinski definition) is 3. The van der Waals surface area contributed by atoms with E-state index in [0.717, 1.165) is 12.3 Å².